The zero-order valence-corrected chi connectivity index (χ0v) is 16.3. The van der Waals surface area contributed by atoms with Crippen molar-refractivity contribution in [3.05, 3.63) is 54.0 Å². The number of halogens is 1. The summed E-state index contributed by atoms with van der Waals surface area (Å²) in [7, 11) is 3.10. The Morgan fingerprint density at radius 1 is 1.14 bits per heavy atom. The molecule has 1 aliphatic carbocycles. The number of benzene rings is 2. The first-order valence-corrected chi connectivity index (χ1v) is 9.53. The molecule has 6 nitrogen and oxygen atoms in total. The minimum absolute atomic E-state index is 0. The molecule has 2 aromatic carbocycles. The number of rotatable bonds is 6. The van der Waals surface area contributed by atoms with Gasteiger partial charge in [0.1, 0.15) is 28.7 Å². The molecule has 29 heavy (non-hydrogen) atoms. The van der Waals surface area contributed by atoms with E-state index in [0.717, 1.165) is 12.8 Å². The summed E-state index contributed by atoms with van der Waals surface area (Å²) in [6.45, 7) is 0. The van der Waals surface area contributed by atoms with Crippen LogP contribution in [0.25, 0.3) is 11.0 Å². The molecule has 7 heteroatoms. The Hall–Kier alpha value is -3.22. The summed E-state index contributed by atoms with van der Waals surface area (Å²) in [5.74, 6) is 1.24. The van der Waals surface area contributed by atoms with E-state index in [9.17, 15) is 9.18 Å². The van der Waals surface area contributed by atoms with Crippen LogP contribution in [-0.2, 0) is 0 Å². The molecule has 0 amide bonds. The Morgan fingerprint density at radius 3 is 2.62 bits per heavy atom. The van der Waals surface area contributed by atoms with Crippen LogP contribution in [0.2, 0.25) is 0 Å². The predicted molar refractivity (Wildman–Crippen MR) is 110 cm³/mol. The number of fused-ring (bicyclic) bond motifs is 1. The van der Waals surface area contributed by atoms with E-state index in [0.29, 0.717) is 40.3 Å². The van der Waals surface area contributed by atoms with Gasteiger partial charge < -0.3 is 14.8 Å². The predicted octanol–water partition coefficient (Wildman–Crippen LogP) is 4.50. The van der Waals surface area contributed by atoms with Gasteiger partial charge >= 0.3 is 0 Å². The van der Waals surface area contributed by atoms with Crippen molar-refractivity contribution in [2.75, 3.05) is 19.5 Å². The molecular weight excluding hydrogens is 373 g/mol. The number of nitrogens with zero attached hydrogens (tertiary/aromatic N) is 2. The third-order valence-corrected chi connectivity index (χ3v) is 5.33. The summed E-state index contributed by atoms with van der Waals surface area (Å²) in [5, 5.41) is 3.36. The Morgan fingerprint density at radius 2 is 1.90 bits per heavy atom. The average molecular weight is 397 g/mol. The first-order valence-electron chi connectivity index (χ1n) is 9.53. The van der Waals surface area contributed by atoms with Crippen molar-refractivity contribution in [2.24, 2.45) is 5.92 Å². The van der Waals surface area contributed by atoms with Crippen molar-refractivity contribution in [3.63, 3.8) is 0 Å². The number of carbonyl (C=O) groups is 1. The summed E-state index contributed by atoms with van der Waals surface area (Å²) in [6.07, 6.45) is 3.89. The molecule has 1 aromatic heterocycles. The minimum Gasteiger partial charge on any atom is -0.496 e. The molecule has 3 aromatic rings. The van der Waals surface area contributed by atoms with Crippen LogP contribution < -0.4 is 14.8 Å². The summed E-state index contributed by atoms with van der Waals surface area (Å²) in [4.78, 5) is 21.9. The molecule has 1 aliphatic rings. The van der Waals surface area contributed by atoms with Crippen molar-refractivity contribution in [1.29, 1.82) is 0 Å². The molecule has 0 radical (unpaired) electrons. The van der Waals surface area contributed by atoms with E-state index in [4.69, 9.17) is 9.47 Å². The lowest BCUT2D eigenvalue weighted by molar-refractivity contribution is 0.0916. The highest BCUT2D eigenvalue weighted by Crippen LogP contribution is 2.36. The number of hydrogen-bond donors (Lipinski definition) is 1. The summed E-state index contributed by atoms with van der Waals surface area (Å²) < 4.78 is 24.1. The van der Waals surface area contributed by atoms with Gasteiger partial charge in [0.15, 0.2) is 5.78 Å². The van der Waals surface area contributed by atoms with E-state index in [1.54, 1.807) is 44.7 Å². The van der Waals surface area contributed by atoms with E-state index >= 15 is 0 Å². The molecule has 1 heterocycles. The maximum Gasteiger partial charge on any atom is 0.173 e. The first kappa shape index (κ1) is 19.1. The van der Waals surface area contributed by atoms with Crippen molar-refractivity contribution < 1.29 is 20.1 Å². The Labute approximate surface area is 169 Å². The largest absolute Gasteiger partial charge is 0.496 e. The number of ether oxygens (including phenoxy) is 2. The summed E-state index contributed by atoms with van der Waals surface area (Å²) in [6, 6.07) is 9.79. The number of ketones is 1. The number of anilines is 1. The molecule has 0 saturated heterocycles. The van der Waals surface area contributed by atoms with E-state index < -0.39 is 0 Å². The summed E-state index contributed by atoms with van der Waals surface area (Å²) >= 11 is 0. The second-order valence-electron chi connectivity index (χ2n) is 7.14. The highest BCUT2D eigenvalue weighted by molar-refractivity contribution is 6.03. The highest BCUT2D eigenvalue weighted by Gasteiger charge is 2.33. The standard InChI is InChI=1S/C22H22FN3O3.H2/c1-28-18-4-3-5-19(29-2)21(18)22(27)13-6-8-15(10-13)25-20-12-24-17-11-14(23)7-9-16(17)26-20;/h3-5,7,9,11-13,15H,6,8,10H2,1-2H3,(H,25,26);1H/t13?,15-;/m1./s1. The number of carbonyl (C=O) groups excluding carboxylic acids is 1. The fraction of sp³-hybridized carbons (Fsp3) is 0.318. The number of methoxy groups -OCH3 is 2. The fourth-order valence-electron chi connectivity index (χ4n) is 3.91. The number of aromatic nitrogens is 2. The highest BCUT2D eigenvalue weighted by atomic mass is 19.1. The molecule has 1 N–H and O–H groups in total. The van der Waals surface area contributed by atoms with Crippen molar-refractivity contribution in [2.45, 2.75) is 25.3 Å². The SMILES string of the molecule is COc1cccc(OC)c1C(=O)C1CC[C@@H](Nc2cnc3cc(F)ccc3n2)C1.[HH]. The smallest absolute Gasteiger partial charge is 0.173 e. The molecule has 2 atom stereocenters. The van der Waals surface area contributed by atoms with Crippen molar-refractivity contribution in [3.8, 4) is 11.5 Å². The molecule has 0 bridgehead atoms. The van der Waals surface area contributed by atoms with Crippen LogP contribution in [0.15, 0.2) is 42.6 Å². The second kappa shape index (κ2) is 8.03. The van der Waals surface area contributed by atoms with Crippen molar-refractivity contribution in [1.82, 2.24) is 9.97 Å². The molecule has 1 unspecified atom stereocenters. The molecule has 152 valence electrons. The lowest BCUT2D eigenvalue weighted by Crippen LogP contribution is -2.19. The van der Waals surface area contributed by atoms with Gasteiger partial charge in [0.2, 0.25) is 0 Å². The topological polar surface area (TPSA) is 73.3 Å². The fourth-order valence-corrected chi connectivity index (χ4v) is 3.91. The second-order valence-corrected chi connectivity index (χ2v) is 7.14. The summed E-state index contributed by atoms with van der Waals surface area (Å²) in [5.41, 5.74) is 1.63. The maximum atomic E-state index is 13.3. The van der Waals surface area contributed by atoms with Gasteiger partial charge in [-0.15, -0.1) is 0 Å². The molecule has 1 fully saturated rings. The van der Waals surface area contributed by atoms with Crippen LogP contribution in [0.1, 0.15) is 31.0 Å². The minimum atomic E-state index is -0.337. The third-order valence-electron chi connectivity index (χ3n) is 5.33. The zero-order chi connectivity index (χ0) is 20.4. The lowest BCUT2D eigenvalue weighted by atomic mass is 9.94. The van der Waals surface area contributed by atoms with Gasteiger partial charge in [-0.05, 0) is 43.5 Å². The van der Waals surface area contributed by atoms with Gasteiger partial charge in [-0.3, -0.25) is 9.78 Å². The maximum absolute atomic E-state index is 13.3. The quantitative estimate of drug-likeness (QED) is 0.618. The van der Waals surface area contributed by atoms with E-state index in [-0.39, 0.29) is 25.0 Å². The zero-order valence-electron chi connectivity index (χ0n) is 16.3. The van der Waals surface area contributed by atoms with E-state index in [1.807, 2.05) is 0 Å². The van der Waals surface area contributed by atoms with E-state index in [2.05, 4.69) is 15.3 Å². The van der Waals surface area contributed by atoms with Crippen molar-refractivity contribution >= 4 is 22.6 Å². The third kappa shape index (κ3) is 3.85. The van der Waals surface area contributed by atoms with Gasteiger partial charge in [-0.2, -0.15) is 0 Å². The van der Waals surface area contributed by atoms with Crippen LogP contribution in [0.3, 0.4) is 0 Å². The Balaban J connectivity index is 0.00000256. The molecule has 1 saturated carbocycles. The average Bonchev–Trinajstić information content (AvgIpc) is 3.21. The number of nitrogens with one attached hydrogen (secondary N) is 1. The van der Waals surface area contributed by atoms with Gasteiger partial charge in [0, 0.05) is 19.5 Å². The van der Waals surface area contributed by atoms with Gasteiger partial charge in [0.25, 0.3) is 0 Å². The van der Waals surface area contributed by atoms with E-state index in [1.165, 1.54) is 12.1 Å². The molecule has 0 aliphatic heterocycles. The van der Waals surface area contributed by atoms with Crippen LogP contribution in [-0.4, -0.2) is 36.0 Å². The normalized spacial score (nSPS) is 18.6. The van der Waals surface area contributed by atoms with Crippen LogP contribution in [0.4, 0.5) is 10.2 Å². The number of Topliss-reactive ketones (excluding diaryl/α,β-unsaturated/α-hetero) is 1. The molecule has 0 spiro atoms. The van der Waals surface area contributed by atoms with Gasteiger partial charge in [-0.1, -0.05) is 6.07 Å². The molecule has 4 rings (SSSR count). The first-order chi connectivity index (χ1) is 14.1. The molecular formula is C22H24FN3O3. The lowest BCUT2D eigenvalue weighted by Gasteiger charge is -2.16. The monoisotopic (exact) mass is 397 g/mol. The van der Waals surface area contributed by atoms with Crippen LogP contribution >= 0.6 is 0 Å². The number of hydrogen-bond acceptors (Lipinski definition) is 6. The van der Waals surface area contributed by atoms with Gasteiger partial charge in [0.05, 0.1) is 31.4 Å². The Kier molecular flexibility index (Phi) is 5.29. The van der Waals surface area contributed by atoms with Crippen LogP contribution in [0.5, 0.6) is 11.5 Å². The van der Waals surface area contributed by atoms with Crippen LogP contribution in [0, 0.1) is 11.7 Å². The van der Waals surface area contributed by atoms with Gasteiger partial charge in [-0.25, -0.2) is 9.37 Å². The Bertz CT molecular complexity index is 1040.